The minimum absolute atomic E-state index is 0.110. The number of hydrogen-bond acceptors (Lipinski definition) is 6. The van der Waals surface area contributed by atoms with E-state index in [2.05, 4.69) is 10.5 Å². The second kappa shape index (κ2) is 8.29. The van der Waals surface area contributed by atoms with Gasteiger partial charge in [0.15, 0.2) is 5.76 Å². The van der Waals surface area contributed by atoms with Gasteiger partial charge in [-0.1, -0.05) is 23.4 Å². The van der Waals surface area contributed by atoms with E-state index in [1.165, 1.54) is 4.31 Å². The third-order valence-corrected chi connectivity index (χ3v) is 6.79. The number of amides is 2. The summed E-state index contributed by atoms with van der Waals surface area (Å²) in [5.74, 6) is 0.271. The Morgan fingerprint density at radius 3 is 2.50 bits per heavy atom. The minimum Gasteiger partial charge on any atom is -0.380 e. The molecule has 10 heteroatoms. The molecule has 152 valence electrons. The van der Waals surface area contributed by atoms with Crippen molar-refractivity contribution in [1.82, 2.24) is 14.4 Å². The first-order chi connectivity index (χ1) is 13.3. The molecule has 2 aromatic rings. The number of ether oxygens (including phenoxy) is 1. The number of anilines is 1. The third kappa shape index (κ3) is 4.03. The second-order valence-electron chi connectivity index (χ2n) is 6.56. The summed E-state index contributed by atoms with van der Waals surface area (Å²) in [4.78, 5) is 14.3. The Labute approximate surface area is 164 Å². The molecule has 0 atom stereocenters. The molecule has 3 rings (SSSR count). The van der Waals surface area contributed by atoms with E-state index in [1.54, 1.807) is 25.9 Å². The molecule has 0 spiro atoms. The Morgan fingerprint density at radius 2 is 1.89 bits per heavy atom. The van der Waals surface area contributed by atoms with Gasteiger partial charge in [0.1, 0.15) is 10.6 Å². The summed E-state index contributed by atoms with van der Waals surface area (Å²) in [7, 11) is -2.11. The van der Waals surface area contributed by atoms with Crippen LogP contribution >= 0.6 is 0 Å². The van der Waals surface area contributed by atoms with Crippen LogP contribution in [0.2, 0.25) is 0 Å². The Bertz CT molecular complexity index is 929. The number of benzene rings is 1. The number of hydrogen-bond donors (Lipinski definition) is 1. The van der Waals surface area contributed by atoms with Crippen LogP contribution in [-0.2, 0) is 21.4 Å². The number of piperazine rings is 1. The van der Waals surface area contributed by atoms with E-state index in [0.717, 1.165) is 5.56 Å². The molecule has 0 unspecified atom stereocenters. The molecule has 2 heterocycles. The Morgan fingerprint density at radius 1 is 1.21 bits per heavy atom. The molecule has 2 amide bonds. The number of urea groups is 1. The number of carbonyl (C=O) groups is 1. The Kier molecular flexibility index (Phi) is 6.01. The highest BCUT2D eigenvalue weighted by atomic mass is 32.2. The maximum absolute atomic E-state index is 12.9. The molecule has 0 radical (unpaired) electrons. The number of methoxy groups -OCH3 is 1. The van der Waals surface area contributed by atoms with Crippen molar-refractivity contribution in [2.75, 3.05) is 38.6 Å². The molecular weight excluding hydrogens is 384 g/mol. The average Bonchev–Trinajstić information content (AvgIpc) is 3.02. The van der Waals surface area contributed by atoms with E-state index in [1.807, 2.05) is 24.3 Å². The number of rotatable bonds is 5. The number of aromatic nitrogens is 1. The molecule has 1 aliphatic rings. The zero-order valence-corrected chi connectivity index (χ0v) is 17.0. The maximum atomic E-state index is 12.9. The summed E-state index contributed by atoms with van der Waals surface area (Å²) >= 11 is 0. The van der Waals surface area contributed by atoms with Crippen LogP contribution in [0.3, 0.4) is 0 Å². The van der Waals surface area contributed by atoms with Gasteiger partial charge in [0.2, 0.25) is 10.0 Å². The fourth-order valence-corrected chi connectivity index (χ4v) is 4.93. The second-order valence-corrected chi connectivity index (χ2v) is 8.44. The van der Waals surface area contributed by atoms with Crippen molar-refractivity contribution in [1.29, 1.82) is 0 Å². The van der Waals surface area contributed by atoms with E-state index in [-0.39, 0.29) is 29.8 Å². The van der Waals surface area contributed by atoms with E-state index in [4.69, 9.17) is 9.26 Å². The predicted molar refractivity (Wildman–Crippen MR) is 102 cm³/mol. The lowest BCUT2D eigenvalue weighted by Gasteiger charge is -2.34. The van der Waals surface area contributed by atoms with Crippen LogP contribution in [0.15, 0.2) is 33.7 Å². The van der Waals surface area contributed by atoms with Crippen molar-refractivity contribution in [3.8, 4) is 0 Å². The first-order valence-corrected chi connectivity index (χ1v) is 10.3. The van der Waals surface area contributed by atoms with Gasteiger partial charge in [-0.05, 0) is 19.9 Å². The SMILES string of the molecule is COCc1ccccc1NC(=O)N1CCN(S(=O)(=O)c2c(C)noc2C)CC1. The zero-order valence-electron chi connectivity index (χ0n) is 16.1. The maximum Gasteiger partial charge on any atom is 0.321 e. The molecule has 28 heavy (non-hydrogen) atoms. The number of para-hydroxylation sites is 1. The van der Waals surface area contributed by atoms with Gasteiger partial charge in [-0.3, -0.25) is 0 Å². The summed E-state index contributed by atoms with van der Waals surface area (Å²) in [6, 6.07) is 7.14. The molecular formula is C18H24N4O5S. The van der Waals surface area contributed by atoms with Crippen LogP contribution in [0.1, 0.15) is 17.0 Å². The first-order valence-electron chi connectivity index (χ1n) is 8.90. The van der Waals surface area contributed by atoms with Crippen molar-refractivity contribution >= 4 is 21.7 Å². The number of carbonyl (C=O) groups excluding carboxylic acids is 1. The minimum atomic E-state index is -3.70. The van der Waals surface area contributed by atoms with Gasteiger partial charge in [0.25, 0.3) is 0 Å². The van der Waals surface area contributed by atoms with Gasteiger partial charge >= 0.3 is 6.03 Å². The fourth-order valence-electron chi connectivity index (χ4n) is 3.22. The van der Waals surface area contributed by atoms with E-state index in [9.17, 15) is 13.2 Å². The monoisotopic (exact) mass is 408 g/mol. The Hall–Kier alpha value is -2.43. The lowest BCUT2D eigenvalue weighted by molar-refractivity contribution is 0.182. The molecule has 0 bridgehead atoms. The Balaban J connectivity index is 1.65. The van der Waals surface area contributed by atoms with Crippen molar-refractivity contribution in [3.05, 3.63) is 41.3 Å². The van der Waals surface area contributed by atoms with E-state index >= 15 is 0 Å². The molecule has 9 nitrogen and oxygen atoms in total. The van der Waals surface area contributed by atoms with Crippen LogP contribution in [0.25, 0.3) is 0 Å². The highest BCUT2D eigenvalue weighted by molar-refractivity contribution is 7.89. The average molecular weight is 408 g/mol. The van der Waals surface area contributed by atoms with E-state index in [0.29, 0.717) is 31.1 Å². The van der Waals surface area contributed by atoms with Gasteiger partial charge in [0, 0.05) is 44.5 Å². The number of nitrogens with one attached hydrogen (secondary N) is 1. The summed E-state index contributed by atoms with van der Waals surface area (Å²) < 4.78 is 37.2. The van der Waals surface area contributed by atoms with Crippen LogP contribution < -0.4 is 5.32 Å². The summed E-state index contributed by atoms with van der Waals surface area (Å²) in [6.45, 7) is 4.57. The molecule has 1 saturated heterocycles. The zero-order chi connectivity index (χ0) is 20.3. The molecule has 1 fully saturated rings. The van der Waals surface area contributed by atoms with E-state index < -0.39 is 10.0 Å². The largest absolute Gasteiger partial charge is 0.380 e. The van der Waals surface area contributed by atoms with Gasteiger partial charge in [0.05, 0.1) is 6.61 Å². The lowest BCUT2D eigenvalue weighted by Crippen LogP contribution is -2.51. The van der Waals surface area contributed by atoms with Crippen molar-refractivity contribution in [3.63, 3.8) is 0 Å². The lowest BCUT2D eigenvalue weighted by atomic mass is 10.2. The summed E-state index contributed by atoms with van der Waals surface area (Å²) in [5, 5.41) is 6.60. The number of aryl methyl sites for hydroxylation is 2. The molecule has 0 aliphatic carbocycles. The molecule has 1 aromatic carbocycles. The quantitative estimate of drug-likeness (QED) is 0.811. The molecule has 1 aromatic heterocycles. The van der Waals surface area contributed by atoms with Crippen LogP contribution in [0, 0.1) is 13.8 Å². The summed E-state index contributed by atoms with van der Waals surface area (Å²) in [5.41, 5.74) is 1.89. The topological polar surface area (TPSA) is 105 Å². The van der Waals surface area contributed by atoms with Gasteiger partial charge in [-0.15, -0.1) is 0 Å². The van der Waals surface area contributed by atoms with Gasteiger partial charge in [-0.25, -0.2) is 13.2 Å². The van der Waals surface area contributed by atoms with Crippen molar-refractivity contribution in [2.45, 2.75) is 25.3 Å². The van der Waals surface area contributed by atoms with Gasteiger partial charge < -0.3 is 19.5 Å². The molecule has 1 aliphatic heterocycles. The highest BCUT2D eigenvalue weighted by Crippen LogP contribution is 2.24. The molecule has 0 saturated carbocycles. The standard InChI is InChI=1S/C18H24N4O5S/c1-13-17(14(2)27-20-13)28(24,25)22-10-8-21(9-11-22)18(23)19-16-7-5-4-6-15(16)12-26-3/h4-7H,8-12H2,1-3H3,(H,19,23). The predicted octanol–water partition coefficient (Wildman–Crippen LogP) is 1.98. The smallest absolute Gasteiger partial charge is 0.321 e. The summed E-state index contributed by atoms with van der Waals surface area (Å²) in [6.07, 6.45) is 0. The number of nitrogens with zero attached hydrogens (tertiary/aromatic N) is 3. The van der Waals surface area contributed by atoms with Crippen LogP contribution in [-0.4, -0.2) is 62.1 Å². The van der Waals surface area contributed by atoms with Crippen molar-refractivity contribution in [2.24, 2.45) is 0 Å². The normalized spacial score (nSPS) is 15.6. The highest BCUT2D eigenvalue weighted by Gasteiger charge is 2.34. The van der Waals surface area contributed by atoms with Crippen LogP contribution in [0.4, 0.5) is 10.5 Å². The third-order valence-electron chi connectivity index (χ3n) is 4.65. The number of sulfonamides is 1. The molecule has 1 N–H and O–H groups in total. The fraction of sp³-hybridized carbons (Fsp3) is 0.444. The van der Waals surface area contributed by atoms with Crippen LogP contribution in [0.5, 0.6) is 0 Å². The van der Waals surface area contributed by atoms with Crippen molar-refractivity contribution < 1.29 is 22.5 Å². The van der Waals surface area contributed by atoms with Gasteiger partial charge in [-0.2, -0.15) is 4.31 Å². The first kappa shape index (κ1) is 20.3.